The fourth-order valence-electron chi connectivity index (χ4n) is 2.15. The summed E-state index contributed by atoms with van der Waals surface area (Å²) >= 11 is 0. The summed E-state index contributed by atoms with van der Waals surface area (Å²) in [4.78, 5) is 0. The van der Waals surface area contributed by atoms with Crippen LogP contribution in [0, 0.1) is 5.92 Å². The van der Waals surface area contributed by atoms with Crippen LogP contribution in [-0.4, -0.2) is 40.6 Å². The van der Waals surface area contributed by atoms with Gasteiger partial charge in [0.25, 0.3) is 0 Å². The fraction of sp³-hybridized carbons (Fsp3) is 1.00. The van der Waals surface area contributed by atoms with Gasteiger partial charge in [-0.2, -0.15) is 0 Å². The minimum absolute atomic E-state index is 0.614. The first-order valence-electron chi connectivity index (χ1n) is 6.41. The van der Waals surface area contributed by atoms with Gasteiger partial charge in [0.2, 0.25) is 0 Å². The standard InChI is InChI=1S/C12H29NO2Si/c1-7-9-13(10-8-2)16(14-5,15-6)11-12(3)4/h12H,7-11H2,1-6H3. The third-order valence-corrected chi connectivity index (χ3v) is 6.79. The van der Waals surface area contributed by atoms with Crippen molar-refractivity contribution < 1.29 is 8.85 Å². The zero-order valence-corrected chi connectivity index (χ0v) is 12.9. The van der Waals surface area contributed by atoms with Gasteiger partial charge in [0.05, 0.1) is 0 Å². The number of rotatable bonds is 9. The fourth-order valence-corrected chi connectivity index (χ4v) is 5.58. The van der Waals surface area contributed by atoms with Crippen LogP contribution >= 0.6 is 0 Å². The zero-order valence-electron chi connectivity index (χ0n) is 11.9. The molecule has 0 fully saturated rings. The average molecular weight is 247 g/mol. The molecule has 0 rings (SSSR count). The maximum Gasteiger partial charge on any atom is 0.427 e. The lowest BCUT2D eigenvalue weighted by Crippen LogP contribution is -2.58. The van der Waals surface area contributed by atoms with Crippen molar-refractivity contribution in [2.24, 2.45) is 5.92 Å². The van der Waals surface area contributed by atoms with Crippen LogP contribution in [-0.2, 0) is 8.85 Å². The normalized spacial score (nSPS) is 12.8. The van der Waals surface area contributed by atoms with E-state index in [1.165, 1.54) is 0 Å². The van der Waals surface area contributed by atoms with E-state index in [-0.39, 0.29) is 0 Å². The van der Waals surface area contributed by atoms with E-state index < -0.39 is 8.72 Å². The molecule has 3 nitrogen and oxygen atoms in total. The molecule has 0 saturated carbocycles. The van der Waals surface area contributed by atoms with E-state index in [2.05, 4.69) is 32.3 Å². The first-order valence-corrected chi connectivity index (χ1v) is 8.38. The quantitative estimate of drug-likeness (QED) is 0.585. The predicted molar refractivity (Wildman–Crippen MR) is 71.6 cm³/mol. The van der Waals surface area contributed by atoms with Crippen molar-refractivity contribution in [2.75, 3.05) is 27.3 Å². The number of nitrogens with zero attached hydrogens (tertiary/aromatic N) is 1. The van der Waals surface area contributed by atoms with E-state index in [0.717, 1.165) is 32.0 Å². The highest BCUT2D eigenvalue weighted by atomic mass is 28.4. The second-order valence-electron chi connectivity index (χ2n) is 4.71. The van der Waals surface area contributed by atoms with Gasteiger partial charge < -0.3 is 8.85 Å². The molecular weight excluding hydrogens is 218 g/mol. The Morgan fingerprint density at radius 3 is 1.69 bits per heavy atom. The summed E-state index contributed by atoms with van der Waals surface area (Å²) in [5, 5.41) is 0. The first-order chi connectivity index (χ1) is 7.56. The van der Waals surface area contributed by atoms with Gasteiger partial charge in [0.15, 0.2) is 0 Å². The van der Waals surface area contributed by atoms with E-state index in [9.17, 15) is 0 Å². The topological polar surface area (TPSA) is 21.7 Å². The Bertz CT molecular complexity index is 166. The van der Waals surface area contributed by atoms with Crippen molar-refractivity contribution in [2.45, 2.75) is 46.6 Å². The maximum absolute atomic E-state index is 5.81. The molecule has 0 unspecified atom stereocenters. The molecule has 0 saturated heterocycles. The molecule has 0 amide bonds. The summed E-state index contributed by atoms with van der Waals surface area (Å²) in [6, 6.07) is 1.04. The molecule has 0 heterocycles. The van der Waals surface area contributed by atoms with Gasteiger partial charge in [0.1, 0.15) is 0 Å². The third-order valence-electron chi connectivity index (χ3n) is 2.77. The second-order valence-corrected chi connectivity index (χ2v) is 7.99. The van der Waals surface area contributed by atoms with Crippen LogP contribution in [0.1, 0.15) is 40.5 Å². The summed E-state index contributed by atoms with van der Waals surface area (Å²) in [5.74, 6) is 0.614. The SMILES string of the molecule is CCCN(CCC)[Si](CC(C)C)(OC)OC. The highest BCUT2D eigenvalue weighted by Gasteiger charge is 2.43. The molecule has 4 heteroatoms. The molecule has 0 bridgehead atoms. The van der Waals surface area contributed by atoms with Crippen LogP contribution in [0.2, 0.25) is 6.04 Å². The molecule has 0 radical (unpaired) electrons. The molecular formula is C12H29NO2Si. The molecule has 16 heavy (non-hydrogen) atoms. The molecule has 0 aliphatic heterocycles. The lowest BCUT2D eigenvalue weighted by atomic mass is 10.3. The molecule has 0 atom stereocenters. The van der Waals surface area contributed by atoms with Crippen molar-refractivity contribution >= 4 is 8.72 Å². The molecule has 0 N–H and O–H groups in total. The average Bonchev–Trinajstić information content (AvgIpc) is 2.25. The van der Waals surface area contributed by atoms with E-state index in [1.807, 2.05) is 0 Å². The van der Waals surface area contributed by atoms with Crippen LogP contribution in [0.25, 0.3) is 0 Å². The van der Waals surface area contributed by atoms with Crippen LogP contribution in [0.3, 0.4) is 0 Å². The van der Waals surface area contributed by atoms with E-state index in [0.29, 0.717) is 5.92 Å². The zero-order chi connectivity index (χ0) is 12.6. The lowest BCUT2D eigenvalue weighted by Gasteiger charge is -2.38. The van der Waals surface area contributed by atoms with Gasteiger partial charge in [-0.15, -0.1) is 0 Å². The monoisotopic (exact) mass is 247 g/mol. The van der Waals surface area contributed by atoms with Gasteiger partial charge in [-0.25, -0.2) is 0 Å². The highest BCUT2D eigenvalue weighted by Crippen LogP contribution is 2.23. The third kappa shape index (κ3) is 4.53. The van der Waals surface area contributed by atoms with Crippen LogP contribution in [0.4, 0.5) is 0 Å². The van der Waals surface area contributed by atoms with Crippen LogP contribution < -0.4 is 0 Å². The molecule has 0 aromatic rings. The lowest BCUT2D eigenvalue weighted by molar-refractivity contribution is 0.156. The van der Waals surface area contributed by atoms with Gasteiger partial charge in [0, 0.05) is 20.3 Å². The van der Waals surface area contributed by atoms with Crippen LogP contribution in [0.15, 0.2) is 0 Å². The van der Waals surface area contributed by atoms with Crippen molar-refractivity contribution in [1.82, 2.24) is 4.57 Å². The minimum Gasteiger partial charge on any atom is -0.386 e. The summed E-state index contributed by atoms with van der Waals surface area (Å²) in [7, 11) is 1.46. The molecule has 98 valence electrons. The van der Waals surface area contributed by atoms with Gasteiger partial charge in [-0.05, 0) is 31.8 Å². The Kier molecular flexibility index (Phi) is 8.28. The van der Waals surface area contributed by atoms with Gasteiger partial charge in [-0.3, -0.25) is 4.57 Å². The largest absolute Gasteiger partial charge is 0.427 e. The number of hydrogen-bond donors (Lipinski definition) is 0. The highest BCUT2D eigenvalue weighted by molar-refractivity contribution is 6.64. The van der Waals surface area contributed by atoms with E-state index >= 15 is 0 Å². The second kappa shape index (κ2) is 8.23. The van der Waals surface area contributed by atoms with Crippen molar-refractivity contribution in [3.05, 3.63) is 0 Å². The van der Waals surface area contributed by atoms with E-state index in [4.69, 9.17) is 8.85 Å². The predicted octanol–water partition coefficient (Wildman–Crippen LogP) is 3.00. The summed E-state index contributed by atoms with van der Waals surface area (Å²) in [6.45, 7) is 11.0. The number of hydrogen-bond acceptors (Lipinski definition) is 3. The molecule has 0 aliphatic rings. The maximum atomic E-state index is 5.81. The Hall–Kier alpha value is 0.0969. The molecule has 0 aromatic heterocycles. The van der Waals surface area contributed by atoms with Crippen molar-refractivity contribution in [3.63, 3.8) is 0 Å². The Morgan fingerprint density at radius 2 is 1.44 bits per heavy atom. The minimum atomic E-state index is -2.14. The van der Waals surface area contributed by atoms with Gasteiger partial charge >= 0.3 is 8.72 Å². The first kappa shape index (κ1) is 16.1. The van der Waals surface area contributed by atoms with E-state index in [1.54, 1.807) is 14.2 Å². The Balaban J connectivity index is 4.77. The van der Waals surface area contributed by atoms with Crippen molar-refractivity contribution in [1.29, 1.82) is 0 Å². The van der Waals surface area contributed by atoms with Gasteiger partial charge in [-0.1, -0.05) is 27.7 Å². The Morgan fingerprint density at radius 1 is 1.00 bits per heavy atom. The summed E-state index contributed by atoms with van der Waals surface area (Å²) in [5.41, 5.74) is 0. The van der Waals surface area contributed by atoms with Crippen molar-refractivity contribution in [3.8, 4) is 0 Å². The summed E-state index contributed by atoms with van der Waals surface area (Å²) < 4.78 is 14.1. The smallest absolute Gasteiger partial charge is 0.386 e. The van der Waals surface area contributed by atoms with Crippen LogP contribution in [0.5, 0.6) is 0 Å². The molecule has 0 aliphatic carbocycles. The Labute approximate surface area is 102 Å². The molecule has 0 spiro atoms. The molecule has 0 aromatic carbocycles. The summed E-state index contributed by atoms with van der Waals surface area (Å²) in [6.07, 6.45) is 2.30.